The average Bonchev–Trinajstić information content (AvgIpc) is 1.58. The van der Waals surface area contributed by atoms with E-state index in [0.717, 1.165) is 209 Å². The summed E-state index contributed by atoms with van der Waals surface area (Å²) in [7, 11) is 0. The number of rotatable bonds is 48. The predicted octanol–water partition coefficient (Wildman–Crippen LogP) is 26.8. The number of hydrogen-bond donors (Lipinski definition) is 6. The molecule has 6 N–H and O–H groups in total. The minimum absolute atomic E-state index is 0.0833. The van der Waals surface area contributed by atoms with Gasteiger partial charge in [-0.05, 0) is 184 Å². The highest BCUT2D eigenvalue weighted by molar-refractivity contribution is 6.23. The van der Waals surface area contributed by atoms with Gasteiger partial charge < -0.3 is 41.0 Å². The first-order chi connectivity index (χ1) is 63.2. The Labute approximate surface area is 774 Å². The number of benzene rings is 2. The number of carbonyl (C=O) groups excluding carboxylic acids is 4. The largest absolute Gasteiger partial charge is 0.511 e. The Balaban J connectivity index is 0.649. The zero-order valence-corrected chi connectivity index (χ0v) is 80.4. The Morgan fingerprint density at radius 3 is 1.02 bits per heavy atom. The van der Waals surface area contributed by atoms with Crippen LogP contribution in [0.25, 0.3) is 10.8 Å². The third-order valence-corrected chi connectivity index (χ3v) is 29.5. The molecular weight excluding hydrogens is 1610 g/mol. The molecule has 0 radical (unpaired) electrons. The second-order valence-corrected chi connectivity index (χ2v) is 38.4. The third kappa shape index (κ3) is 22.3. The van der Waals surface area contributed by atoms with Crippen LogP contribution in [0.1, 0.15) is 361 Å². The number of nitrogens with zero attached hydrogens (tertiary/aromatic N) is 6. The highest BCUT2D eigenvalue weighted by atomic mass is 16.5. The molecule has 2 saturated heterocycles. The van der Waals surface area contributed by atoms with Gasteiger partial charge in [-0.25, -0.2) is 30.0 Å². The Kier molecular flexibility index (Phi) is 33.6. The van der Waals surface area contributed by atoms with Crippen LogP contribution in [0.5, 0.6) is 0 Å². The quantitative estimate of drug-likeness (QED) is 0.0270. The molecular formula is C112H146N10O8. The van der Waals surface area contributed by atoms with Crippen LogP contribution in [0.3, 0.4) is 0 Å². The van der Waals surface area contributed by atoms with E-state index < -0.39 is 0 Å². The topological polar surface area (TPSA) is 249 Å². The zero-order valence-electron chi connectivity index (χ0n) is 80.4. The molecule has 4 atom stereocenters. The second-order valence-electron chi connectivity index (χ2n) is 38.4. The summed E-state index contributed by atoms with van der Waals surface area (Å²) >= 11 is 0. The smallest absolute Gasteiger partial charge is 0.305 e. The lowest BCUT2D eigenvalue weighted by Crippen LogP contribution is -2.28. The van der Waals surface area contributed by atoms with E-state index in [1.807, 2.05) is 62.4 Å². The highest BCUT2D eigenvalue weighted by Gasteiger charge is 2.45. The summed E-state index contributed by atoms with van der Waals surface area (Å²) in [5.41, 5.74) is 26.3. The maximum atomic E-state index is 15.1. The lowest BCUT2D eigenvalue weighted by Gasteiger charge is -2.17. The van der Waals surface area contributed by atoms with Gasteiger partial charge in [0.05, 0.1) is 81.7 Å². The number of hydrogen-bond acceptors (Lipinski definition) is 16. The van der Waals surface area contributed by atoms with Gasteiger partial charge in [0.25, 0.3) is 11.8 Å². The van der Waals surface area contributed by atoms with Gasteiger partial charge in [-0.15, -0.1) is 0 Å². The van der Waals surface area contributed by atoms with Crippen molar-refractivity contribution >= 4 is 68.8 Å². The SMILES string of the molecule is CCCCCCCCCCCCCCCCCCOC(=O)CC[C@@H]1C2=C3CC(O)=C4C3=NC(=C4C)C=C3N=C(C=C4N=C(C=C(N2)[C@H]1C)C(C)=C4CNC(=O)c1ccc(C(=O)NCC2=C(C)C4=NC2=CC2=NC(=CC5=C(C)C6=C(O)CC(=C7NC(=C4)[C@@H](C)[C@@H]7CCC(=O)OCCCCCCCCCCCCCCCCCC)C6=N5)C(CC)=C2C)c2ccccc12)C(C)=C3CC. The first-order valence-corrected chi connectivity index (χ1v) is 50.5. The van der Waals surface area contributed by atoms with Gasteiger partial charge in [-0.2, -0.15) is 0 Å². The average molecular weight is 1760 g/mol. The Morgan fingerprint density at radius 1 is 0.385 bits per heavy atom. The molecule has 692 valence electrons. The maximum absolute atomic E-state index is 15.1. The fourth-order valence-electron chi connectivity index (χ4n) is 21.3. The van der Waals surface area contributed by atoms with Crippen molar-refractivity contribution in [1.29, 1.82) is 0 Å². The van der Waals surface area contributed by atoms with Gasteiger partial charge in [-0.1, -0.05) is 258 Å². The summed E-state index contributed by atoms with van der Waals surface area (Å²) < 4.78 is 11.9. The first kappa shape index (κ1) is 95.7. The number of ether oxygens (including phenoxy) is 2. The van der Waals surface area contributed by atoms with Gasteiger partial charge in [-0.3, -0.25) is 19.2 Å². The molecule has 18 heteroatoms. The minimum Gasteiger partial charge on any atom is -0.511 e. The molecule has 0 saturated carbocycles. The number of aliphatic imine (C=N–C) groups is 6. The van der Waals surface area contributed by atoms with E-state index in [4.69, 9.17) is 39.4 Å². The number of allylic oxidation sites excluding steroid dienone is 22. The molecule has 0 spiro atoms. The van der Waals surface area contributed by atoms with E-state index >= 15 is 9.59 Å². The van der Waals surface area contributed by atoms with E-state index in [1.54, 1.807) is 12.1 Å². The van der Waals surface area contributed by atoms with Crippen molar-refractivity contribution in [3.05, 3.63) is 230 Å². The van der Waals surface area contributed by atoms with E-state index in [-0.39, 0.29) is 84.9 Å². The molecule has 10 heterocycles. The lowest BCUT2D eigenvalue weighted by atomic mass is 9.86. The minimum atomic E-state index is -0.318. The third-order valence-electron chi connectivity index (χ3n) is 29.5. The molecule has 2 aromatic carbocycles. The van der Waals surface area contributed by atoms with Gasteiger partial charge in [0.1, 0.15) is 11.5 Å². The number of unbranched alkanes of at least 4 members (excludes halogenated alkanes) is 30. The maximum Gasteiger partial charge on any atom is 0.305 e. The highest BCUT2D eigenvalue weighted by Crippen LogP contribution is 2.50. The van der Waals surface area contributed by atoms with Gasteiger partial charge in [0.2, 0.25) is 0 Å². The number of aliphatic hydroxyl groups is 2. The van der Waals surface area contributed by atoms with Gasteiger partial charge in [0.15, 0.2) is 0 Å². The van der Waals surface area contributed by atoms with Crippen LogP contribution in [0.15, 0.2) is 249 Å². The van der Waals surface area contributed by atoms with Crippen LogP contribution < -0.4 is 21.3 Å². The van der Waals surface area contributed by atoms with Crippen molar-refractivity contribution < 1.29 is 38.9 Å². The van der Waals surface area contributed by atoms with Crippen molar-refractivity contribution in [2.24, 2.45) is 53.6 Å². The van der Waals surface area contributed by atoms with E-state index in [2.05, 4.69) is 103 Å². The summed E-state index contributed by atoms with van der Waals surface area (Å²) in [5, 5.41) is 39.3. The summed E-state index contributed by atoms with van der Waals surface area (Å²) in [6.07, 6.45) is 57.0. The summed E-state index contributed by atoms with van der Waals surface area (Å²) in [6, 6.07) is 11.0. The van der Waals surface area contributed by atoms with E-state index in [0.29, 0.717) is 72.2 Å². The normalized spacial score (nSPS) is 20.2. The van der Waals surface area contributed by atoms with Crippen LogP contribution >= 0.6 is 0 Å². The Bertz CT molecular complexity index is 5150. The standard InChI is InChI=1S/C112H146N10O8/c1-13-17-19-21-23-25-27-29-31-33-35-37-39-41-43-47-57-129-103(125)55-53-79-71(7)93-61-89-73(9)87(99(117-89)63-91-69(5)77(15-3)97(115-91)65-95-75(11)105-101(123)59-85(107(79)119-93)109(105)121-95)67-113-111(127)83-51-52-84(82-50-46-45-49-81(82)83)112(128)114-68-88-74(10)90-62-94-72(8)80(54-56-104(126)130-58-48-44-42-40-38-36-34-32-30-28-26-24-22-20-18-14-2)108(120-94)86-60-102(124)106-76(12)96(122-110(86)106)66-98-78(16-4)70(6)92(116-98)64-100(88)118-90/h45-46,49-52,61-66,71-72,79-80,119-120,123-124H,13-44,47-48,53-60,67-68H2,1-12H3,(H,113,127)(H,114,128)/t71-,72-,79-,80-/m0/s1. The number of aliphatic hydroxyl groups excluding tert-OH is 2. The van der Waals surface area contributed by atoms with Crippen LogP contribution in [-0.2, 0) is 19.1 Å². The Hall–Kier alpha value is -10.4. The predicted molar refractivity (Wildman–Crippen MR) is 532 cm³/mol. The number of fused-ring (bicyclic) bond motifs is 11. The van der Waals surface area contributed by atoms with Gasteiger partial charge in [0, 0.05) is 130 Å². The molecule has 2 aromatic rings. The molecule has 16 bridgehead atoms. The summed E-state index contributed by atoms with van der Waals surface area (Å²) in [5.74, 6) is -0.891. The van der Waals surface area contributed by atoms with Crippen LogP contribution in [0, 0.1) is 23.7 Å². The van der Waals surface area contributed by atoms with Crippen molar-refractivity contribution in [3.63, 3.8) is 0 Å². The van der Waals surface area contributed by atoms with Crippen molar-refractivity contribution in [2.45, 2.75) is 340 Å². The monoisotopic (exact) mass is 1760 g/mol. The lowest BCUT2D eigenvalue weighted by molar-refractivity contribution is -0.145. The van der Waals surface area contributed by atoms with E-state index in [1.165, 1.54) is 167 Å². The van der Waals surface area contributed by atoms with Crippen molar-refractivity contribution in [2.75, 3.05) is 26.3 Å². The van der Waals surface area contributed by atoms with Crippen molar-refractivity contribution in [3.8, 4) is 0 Å². The molecule has 2 amide bonds. The Morgan fingerprint density at radius 2 is 0.692 bits per heavy atom. The van der Waals surface area contributed by atoms with Crippen molar-refractivity contribution in [1.82, 2.24) is 21.3 Å². The van der Waals surface area contributed by atoms with E-state index in [9.17, 15) is 19.8 Å². The second kappa shape index (κ2) is 45.7. The number of carbonyl (C=O) groups is 4. The summed E-state index contributed by atoms with van der Waals surface area (Å²) in [6.45, 7) is 26.6. The fourth-order valence-corrected chi connectivity index (χ4v) is 21.3. The molecule has 2 aliphatic carbocycles. The molecule has 12 aliphatic rings. The molecule has 2 fully saturated rings. The number of amides is 2. The van der Waals surface area contributed by atoms with Crippen LogP contribution in [0.4, 0.5) is 0 Å². The summed E-state index contributed by atoms with van der Waals surface area (Å²) in [4.78, 5) is 89.7. The van der Waals surface area contributed by atoms with Crippen LogP contribution in [-0.4, -0.2) is 94.5 Å². The van der Waals surface area contributed by atoms with Crippen LogP contribution in [0.2, 0.25) is 0 Å². The molecule has 0 aromatic heterocycles. The molecule has 130 heavy (non-hydrogen) atoms. The molecule has 14 rings (SSSR count). The molecule has 0 unspecified atom stereocenters. The number of esters is 2. The fraction of sp³-hybridized carbons (Fsp3) is 0.536. The van der Waals surface area contributed by atoms with Gasteiger partial charge >= 0.3 is 11.9 Å². The molecule has 18 nitrogen and oxygen atoms in total. The number of nitrogens with one attached hydrogen (secondary N) is 4. The molecule has 10 aliphatic heterocycles. The zero-order chi connectivity index (χ0) is 91.5. The first-order valence-electron chi connectivity index (χ1n) is 50.5.